The van der Waals surface area contributed by atoms with Crippen molar-refractivity contribution in [2.45, 2.75) is 19.4 Å². The fourth-order valence-electron chi connectivity index (χ4n) is 2.00. The Morgan fingerprint density at radius 1 is 1.16 bits per heavy atom. The highest BCUT2D eigenvalue weighted by Gasteiger charge is 2.10. The lowest BCUT2D eigenvalue weighted by atomic mass is 10.1. The van der Waals surface area contributed by atoms with Gasteiger partial charge in [0.15, 0.2) is 0 Å². The standard InChI is InChI=1S/C16H18FNO/c1-12(13-5-3-2-4-6-13)19-16-8-7-15(17)11-14(16)9-10-18/h2-8,11-12H,9-10,18H2,1H3. The first-order valence-electron chi connectivity index (χ1n) is 6.41. The van der Waals surface area contributed by atoms with Crippen molar-refractivity contribution in [2.75, 3.05) is 6.54 Å². The second kappa shape index (κ2) is 6.34. The van der Waals surface area contributed by atoms with Crippen LogP contribution in [0, 0.1) is 5.82 Å². The summed E-state index contributed by atoms with van der Waals surface area (Å²) in [4.78, 5) is 0. The van der Waals surface area contributed by atoms with Crippen molar-refractivity contribution < 1.29 is 9.13 Å². The molecule has 0 saturated heterocycles. The van der Waals surface area contributed by atoms with Gasteiger partial charge < -0.3 is 10.5 Å². The number of hydrogen-bond donors (Lipinski definition) is 1. The average Bonchev–Trinajstić information content (AvgIpc) is 2.43. The number of benzene rings is 2. The maximum absolute atomic E-state index is 13.2. The van der Waals surface area contributed by atoms with Gasteiger partial charge in [-0.05, 0) is 49.2 Å². The third kappa shape index (κ3) is 3.55. The summed E-state index contributed by atoms with van der Waals surface area (Å²) in [6, 6.07) is 14.5. The van der Waals surface area contributed by atoms with Gasteiger partial charge in [0, 0.05) is 0 Å². The van der Waals surface area contributed by atoms with Crippen LogP contribution in [-0.4, -0.2) is 6.54 Å². The average molecular weight is 259 g/mol. The molecule has 0 bridgehead atoms. The van der Waals surface area contributed by atoms with E-state index in [1.165, 1.54) is 12.1 Å². The zero-order valence-electron chi connectivity index (χ0n) is 11.0. The summed E-state index contributed by atoms with van der Waals surface area (Å²) in [5.74, 6) is 0.436. The number of nitrogens with two attached hydrogens (primary N) is 1. The van der Waals surface area contributed by atoms with E-state index in [4.69, 9.17) is 10.5 Å². The molecule has 2 N–H and O–H groups in total. The highest BCUT2D eigenvalue weighted by molar-refractivity contribution is 5.35. The molecule has 0 spiro atoms. The molecule has 3 heteroatoms. The lowest BCUT2D eigenvalue weighted by Gasteiger charge is -2.17. The molecule has 0 heterocycles. The van der Waals surface area contributed by atoms with Gasteiger partial charge in [0.05, 0.1) is 0 Å². The summed E-state index contributed by atoms with van der Waals surface area (Å²) in [6.07, 6.45) is 0.525. The molecule has 1 unspecified atom stereocenters. The minimum Gasteiger partial charge on any atom is -0.486 e. The van der Waals surface area contributed by atoms with Crippen LogP contribution in [0.25, 0.3) is 0 Å². The molecule has 2 aromatic rings. The highest BCUT2D eigenvalue weighted by atomic mass is 19.1. The van der Waals surface area contributed by atoms with E-state index in [-0.39, 0.29) is 11.9 Å². The fourth-order valence-corrected chi connectivity index (χ4v) is 2.00. The first-order valence-corrected chi connectivity index (χ1v) is 6.41. The summed E-state index contributed by atoms with van der Waals surface area (Å²) in [6.45, 7) is 2.45. The van der Waals surface area contributed by atoms with Crippen molar-refractivity contribution >= 4 is 0 Å². The van der Waals surface area contributed by atoms with Crippen LogP contribution in [0.5, 0.6) is 5.75 Å². The van der Waals surface area contributed by atoms with Crippen LogP contribution in [0.2, 0.25) is 0 Å². The van der Waals surface area contributed by atoms with Crippen molar-refractivity contribution in [3.63, 3.8) is 0 Å². The third-order valence-electron chi connectivity index (χ3n) is 3.01. The molecule has 0 aliphatic rings. The predicted molar refractivity (Wildman–Crippen MR) is 74.6 cm³/mol. The Balaban J connectivity index is 2.18. The van der Waals surface area contributed by atoms with E-state index in [0.717, 1.165) is 11.1 Å². The van der Waals surface area contributed by atoms with Crippen LogP contribution >= 0.6 is 0 Å². The Kier molecular flexibility index (Phi) is 4.53. The molecule has 0 fully saturated rings. The highest BCUT2D eigenvalue weighted by Crippen LogP contribution is 2.26. The maximum Gasteiger partial charge on any atom is 0.123 e. The van der Waals surface area contributed by atoms with Gasteiger partial charge in [0.25, 0.3) is 0 Å². The van der Waals surface area contributed by atoms with Crippen LogP contribution in [0.3, 0.4) is 0 Å². The molecular formula is C16H18FNO. The van der Waals surface area contributed by atoms with Crippen molar-refractivity contribution in [2.24, 2.45) is 5.73 Å². The molecule has 0 saturated carbocycles. The molecule has 0 aliphatic heterocycles. The Morgan fingerprint density at radius 3 is 2.58 bits per heavy atom. The summed E-state index contributed by atoms with van der Waals surface area (Å²) < 4.78 is 19.2. The van der Waals surface area contributed by atoms with Crippen molar-refractivity contribution in [1.82, 2.24) is 0 Å². The van der Waals surface area contributed by atoms with Crippen molar-refractivity contribution in [1.29, 1.82) is 0 Å². The van der Waals surface area contributed by atoms with Gasteiger partial charge in [-0.15, -0.1) is 0 Å². The maximum atomic E-state index is 13.2. The smallest absolute Gasteiger partial charge is 0.123 e. The summed E-state index contributed by atoms with van der Waals surface area (Å²) in [7, 11) is 0. The van der Waals surface area contributed by atoms with Gasteiger partial charge in [-0.2, -0.15) is 0 Å². The Hall–Kier alpha value is -1.87. The molecule has 2 nitrogen and oxygen atoms in total. The molecule has 19 heavy (non-hydrogen) atoms. The molecule has 2 rings (SSSR count). The molecule has 0 amide bonds. The molecule has 100 valence electrons. The topological polar surface area (TPSA) is 35.2 Å². The first kappa shape index (κ1) is 13.6. The minimum absolute atomic E-state index is 0.0804. The van der Waals surface area contributed by atoms with Crippen LogP contribution in [-0.2, 0) is 6.42 Å². The molecule has 2 aromatic carbocycles. The molecule has 0 aliphatic carbocycles. The van der Waals surface area contributed by atoms with Gasteiger partial charge in [0.2, 0.25) is 0 Å². The summed E-state index contributed by atoms with van der Waals surface area (Å²) >= 11 is 0. The van der Waals surface area contributed by atoms with E-state index in [1.807, 2.05) is 37.3 Å². The SMILES string of the molecule is CC(Oc1ccc(F)cc1CCN)c1ccccc1. The van der Waals surface area contributed by atoms with E-state index in [2.05, 4.69) is 0 Å². The Bertz CT molecular complexity index is 528. The van der Waals surface area contributed by atoms with Crippen molar-refractivity contribution in [3.05, 3.63) is 65.5 Å². The predicted octanol–water partition coefficient (Wildman–Crippen LogP) is 3.47. The third-order valence-corrected chi connectivity index (χ3v) is 3.01. The summed E-state index contributed by atoms with van der Waals surface area (Å²) in [5.41, 5.74) is 7.44. The van der Waals surface area contributed by atoms with Gasteiger partial charge in [-0.3, -0.25) is 0 Å². The van der Waals surface area contributed by atoms with Crippen LogP contribution in [0.15, 0.2) is 48.5 Å². The van der Waals surface area contributed by atoms with Crippen LogP contribution < -0.4 is 10.5 Å². The monoisotopic (exact) mass is 259 g/mol. The fraction of sp³-hybridized carbons (Fsp3) is 0.250. The van der Waals surface area contributed by atoms with Gasteiger partial charge in [0.1, 0.15) is 17.7 Å². The zero-order chi connectivity index (χ0) is 13.7. The normalized spacial score (nSPS) is 12.2. The number of ether oxygens (including phenoxy) is 1. The first-order chi connectivity index (χ1) is 9.20. The largest absolute Gasteiger partial charge is 0.486 e. The lowest BCUT2D eigenvalue weighted by molar-refractivity contribution is 0.224. The second-order valence-corrected chi connectivity index (χ2v) is 4.46. The lowest BCUT2D eigenvalue weighted by Crippen LogP contribution is -2.08. The zero-order valence-corrected chi connectivity index (χ0v) is 11.0. The van der Waals surface area contributed by atoms with E-state index >= 15 is 0 Å². The number of rotatable bonds is 5. The number of halogens is 1. The summed E-state index contributed by atoms with van der Waals surface area (Å²) in [5, 5.41) is 0. The van der Waals surface area contributed by atoms with Crippen molar-refractivity contribution in [3.8, 4) is 5.75 Å². The van der Waals surface area contributed by atoms with E-state index in [0.29, 0.717) is 18.7 Å². The van der Waals surface area contributed by atoms with E-state index in [9.17, 15) is 4.39 Å². The molecule has 0 aromatic heterocycles. The molecular weight excluding hydrogens is 241 g/mol. The van der Waals surface area contributed by atoms with Crippen LogP contribution in [0.4, 0.5) is 4.39 Å². The quantitative estimate of drug-likeness (QED) is 0.892. The minimum atomic E-state index is -0.261. The second-order valence-electron chi connectivity index (χ2n) is 4.46. The number of hydrogen-bond acceptors (Lipinski definition) is 2. The Labute approximate surface area is 113 Å². The van der Waals surface area contributed by atoms with E-state index < -0.39 is 0 Å². The van der Waals surface area contributed by atoms with E-state index in [1.54, 1.807) is 6.07 Å². The van der Waals surface area contributed by atoms with Crippen LogP contribution in [0.1, 0.15) is 24.2 Å². The van der Waals surface area contributed by atoms with Gasteiger partial charge in [-0.25, -0.2) is 4.39 Å². The molecule has 0 radical (unpaired) electrons. The Morgan fingerprint density at radius 2 is 1.89 bits per heavy atom. The molecule has 1 atom stereocenters. The van der Waals surface area contributed by atoms with Gasteiger partial charge >= 0.3 is 0 Å². The van der Waals surface area contributed by atoms with Gasteiger partial charge in [-0.1, -0.05) is 30.3 Å².